The molecule has 0 aliphatic carbocycles. The second-order valence-corrected chi connectivity index (χ2v) is 4.99. The molecule has 0 aliphatic rings. The Kier molecular flexibility index (Phi) is 5.01. The predicted octanol–water partition coefficient (Wildman–Crippen LogP) is 2.76. The van der Waals surface area contributed by atoms with Crippen LogP contribution in [0.2, 0.25) is 0 Å². The highest BCUT2D eigenvalue weighted by atomic mass is 16.6. The fourth-order valence-electron chi connectivity index (χ4n) is 1.52. The summed E-state index contributed by atoms with van der Waals surface area (Å²) in [5, 5.41) is 2.72. The van der Waals surface area contributed by atoms with E-state index in [4.69, 9.17) is 9.47 Å². The molecule has 0 unspecified atom stereocenters. The van der Waals surface area contributed by atoms with Gasteiger partial charge in [-0.2, -0.15) is 0 Å². The van der Waals surface area contributed by atoms with Crippen molar-refractivity contribution in [3.8, 4) is 5.75 Å². The number of ether oxygens (including phenoxy) is 2. The second-order valence-electron chi connectivity index (χ2n) is 4.99. The van der Waals surface area contributed by atoms with E-state index in [1.807, 2.05) is 45.0 Å². The first-order chi connectivity index (χ1) is 8.42. The molecule has 1 N–H and O–H groups in total. The lowest BCUT2D eigenvalue weighted by Gasteiger charge is -2.19. The second kappa shape index (κ2) is 6.28. The first kappa shape index (κ1) is 14.4. The molecule has 18 heavy (non-hydrogen) atoms. The Morgan fingerprint density at radius 1 is 1.28 bits per heavy atom. The van der Waals surface area contributed by atoms with Gasteiger partial charge in [-0.05, 0) is 38.8 Å². The van der Waals surface area contributed by atoms with Crippen LogP contribution in [-0.2, 0) is 11.2 Å². The smallest absolute Gasteiger partial charge is 0.407 e. The standard InChI is InChI=1S/C14H21NO3/c1-14(2,3)18-13(16)15-10-9-11-7-5-6-8-12(11)17-4/h5-8H,9-10H2,1-4H3,(H,15,16). The minimum absolute atomic E-state index is 0.391. The van der Waals surface area contributed by atoms with Crippen LogP contribution in [-0.4, -0.2) is 25.3 Å². The van der Waals surface area contributed by atoms with E-state index in [0.717, 1.165) is 11.3 Å². The fraction of sp³-hybridized carbons (Fsp3) is 0.500. The lowest BCUT2D eigenvalue weighted by Crippen LogP contribution is -2.33. The zero-order chi connectivity index (χ0) is 13.6. The van der Waals surface area contributed by atoms with Crippen molar-refractivity contribution in [3.05, 3.63) is 29.8 Å². The SMILES string of the molecule is COc1ccccc1CCNC(=O)OC(C)(C)C. The maximum absolute atomic E-state index is 11.4. The van der Waals surface area contributed by atoms with E-state index in [9.17, 15) is 4.79 Å². The Morgan fingerprint density at radius 3 is 2.56 bits per heavy atom. The molecule has 1 aromatic rings. The van der Waals surface area contributed by atoms with E-state index >= 15 is 0 Å². The minimum Gasteiger partial charge on any atom is -0.496 e. The lowest BCUT2D eigenvalue weighted by molar-refractivity contribution is 0.0528. The molecule has 1 amide bonds. The van der Waals surface area contributed by atoms with Gasteiger partial charge in [0, 0.05) is 6.54 Å². The van der Waals surface area contributed by atoms with Gasteiger partial charge in [0.2, 0.25) is 0 Å². The molecule has 0 heterocycles. The van der Waals surface area contributed by atoms with Gasteiger partial charge >= 0.3 is 6.09 Å². The fourth-order valence-corrected chi connectivity index (χ4v) is 1.52. The van der Waals surface area contributed by atoms with Crippen LogP contribution >= 0.6 is 0 Å². The Balaban J connectivity index is 2.40. The summed E-state index contributed by atoms with van der Waals surface area (Å²) in [6.07, 6.45) is 0.320. The number of carbonyl (C=O) groups is 1. The normalized spacial score (nSPS) is 10.9. The zero-order valence-electron chi connectivity index (χ0n) is 11.4. The molecule has 1 aromatic carbocycles. The molecule has 4 nitrogen and oxygen atoms in total. The Hall–Kier alpha value is -1.71. The van der Waals surface area contributed by atoms with E-state index in [2.05, 4.69) is 5.32 Å². The maximum Gasteiger partial charge on any atom is 0.407 e. The summed E-state index contributed by atoms with van der Waals surface area (Å²) in [7, 11) is 1.64. The van der Waals surface area contributed by atoms with Gasteiger partial charge in [-0.15, -0.1) is 0 Å². The lowest BCUT2D eigenvalue weighted by atomic mass is 10.1. The van der Waals surface area contributed by atoms with Gasteiger partial charge in [0.15, 0.2) is 0 Å². The van der Waals surface area contributed by atoms with Gasteiger partial charge < -0.3 is 14.8 Å². The third-order valence-corrected chi connectivity index (χ3v) is 2.26. The number of carbonyl (C=O) groups excluding carboxylic acids is 1. The number of rotatable bonds is 4. The number of methoxy groups -OCH3 is 1. The van der Waals surface area contributed by atoms with Crippen molar-refractivity contribution in [2.24, 2.45) is 0 Å². The summed E-state index contributed by atoms with van der Waals surface area (Å²) in [5.74, 6) is 0.837. The number of alkyl carbamates (subject to hydrolysis) is 1. The van der Waals surface area contributed by atoms with Gasteiger partial charge in [-0.25, -0.2) is 4.79 Å². The molecule has 4 heteroatoms. The molecule has 0 saturated heterocycles. The summed E-state index contributed by atoms with van der Waals surface area (Å²) in [6, 6.07) is 7.76. The predicted molar refractivity (Wildman–Crippen MR) is 70.9 cm³/mol. The van der Waals surface area contributed by atoms with Crippen molar-refractivity contribution in [1.82, 2.24) is 5.32 Å². The molecule has 0 fully saturated rings. The molecule has 0 aromatic heterocycles. The van der Waals surface area contributed by atoms with Crippen LogP contribution in [0.5, 0.6) is 5.75 Å². The largest absolute Gasteiger partial charge is 0.496 e. The van der Waals surface area contributed by atoms with Crippen molar-refractivity contribution in [2.75, 3.05) is 13.7 Å². The first-order valence-corrected chi connectivity index (χ1v) is 6.01. The molecule has 0 atom stereocenters. The van der Waals surface area contributed by atoms with E-state index in [-0.39, 0.29) is 0 Å². The van der Waals surface area contributed by atoms with Crippen molar-refractivity contribution in [3.63, 3.8) is 0 Å². The Morgan fingerprint density at radius 2 is 1.94 bits per heavy atom. The van der Waals surface area contributed by atoms with Crippen LogP contribution in [0, 0.1) is 0 Å². The number of para-hydroxylation sites is 1. The van der Waals surface area contributed by atoms with Gasteiger partial charge in [0.05, 0.1) is 7.11 Å². The van der Waals surface area contributed by atoms with E-state index in [1.165, 1.54) is 0 Å². The summed E-state index contributed by atoms with van der Waals surface area (Å²) in [6.45, 7) is 6.04. The summed E-state index contributed by atoms with van der Waals surface area (Å²) in [5.41, 5.74) is 0.602. The van der Waals surface area contributed by atoms with Crippen molar-refractivity contribution in [1.29, 1.82) is 0 Å². The topological polar surface area (TPSA) is 47.6 Å². The quantitative estimate of drug-likeness (QED) is 0.895. The highest BCUT2D eigenvalue weighted by Crippen LogP contribution is 2.17. The monoisotopic (exact) mass is 251 g/mol. The average molecular weight is 251 g/mol. The number of hydrogen-bond acceptors (Lipinski definition) is 3. The molecule has 1 rings (SSSR count). The molecular formula is C14H21NO3. The van der Waals surface area contributed by atoms with Crippen LogP contribution in [0.4, 0.5) is 4.79 Å². The van der Waals surface area contributed by atoms with E-state index < -0.39 is 11.7 Å². The maximum atomic E-state index is 11.4. The van der Waals surface area contributed by atoms with Crippen LogP contribution in [0.1, 0.15) is 26.3 Å². The molecule has 0 saturated carbocycles. The Bertz CT molecular complexity index is 396. The zero-order valence-corrected chi connectivity index (χ0v) is 11.4. The van der Waals surface area contributed by atoms with E-state index in [0.29, 0.717) is 13.0 Å². The Labute approximate surface area is 108 Å². The van der Waals surface area contributed by atoms with Crippen LogP contribution in [0.25, 0.3) is 0 Å². The molecule has 0 bridgehead atoms. The number of benzene rings is 1. The minimum atomic E-state index is -0.464. The molecule has 0 aliphatic heterocycles. The summed E-state index contributed by atoms with van der Waals surface area (Å²) in [4.78, 5) is 11.4. The molecule has 0 spiro atoms. The van der Waals surface area contributed by atoms with Gasteiger partial charge in [-0.3, -0.25) is 0 Å². The van der Waals surface area contributed by atoms with E-state index in [1.54, 1.807) is 7.11 Å². The van der Waals surface area contributed by atoms with Crippen LogP contribution < -0.4 is 10.1 Å². The van der Waals surface area contributed by atoms with Gasteiger partial charge in [0.1, 0.15) is 11.4 Å². The van der Waals surface area contributed by atoms with Crippen LogP contribution in [0.3, 0.4) is 0 Å². The van der Waals surface area contributed by atoms with Gasteiger partial charge in [-0.1, -0.05) is 18.2 Å². The number of nitrogens with one attached hydrogen (secondary N) is 1. The highest BCUT2D eigenvalue weighted by Gasteiger charge is 2.15. The molecular weight excluding hydrogens is 230 g/mol. The molecule has 100 valence electrons. The van der Waals surface area contributed by atoms with Crippen molar-refractivity contribution >= 4 is 6.09 Å². The number of hydrogen-bond donors (Lipinski definition) is 1. The third kappa shape index (κ3) is 5.08. The van der Waals surface area contributed by atoms with Gasteiger partial charge in [0.25, 0.3) is 0 Å². The summed E-state index contributed by atoms with van der Waals surface area (Å²) < 4.78 is 10.4. The van der Waals surface area contributed by atoms with Crippen LogP contribution in [0.15, 0.2) is 24.3 Å². The van der Waals surface area contributed by atoms with Crippen molar-refractivity contribution < 1.29 is 14.3 Å². The molecule has 0 radical (unpaired) electrons. The first-order valence-electron chi connectivity index (χ1n) is 6.01. The third-order valence-electron chi connectivity index (χ3n) is 2.26. The van der Waals surface area contributed by atoms with Crippen molar-refractivity contribution in [2.45, 2.75) is 32.8 Å². The highest BCUT2D eigenvalue weighted by molar-refractivity contribution is 5.67. The number of amides is 1. The summed E-state index contributed by atoms with van der Waals surface area (Å²) >= 11 is 0. The average Bonchev–Trinajstić information content (AvgIpc) is 2.27.